The number of hydrogen-bond donors (Lipinski definition) is 2. The molecule has 1 amide bonds. The van der Waals surface area contributed by atoms with Crippen LogP contribution in [0.5, 0.6) is 0 Å². The van der Waals surface area contributed by atoms with Crippen LogP contribution in [-0.4, -0.2) is 25.5 Å². The third-order valence-electron chi connectivity index (χ3n) is 2.99. The molecule has 86 valence electrons. The predicted molar refractivity (Wildman–Crippen MR) is 64.3 cm³/mol. The second-order valence-corrected chi connectivity index (χ2v) is 4.38. The number of amides is 1. The zero-order valence-corrected chi connectivity index (χ0v) is 9.62. The molecule has 1 aromatic carbocycles. The lowest BCUT2D eigenvalue weighted by atomic mass is 10.0. The van der Waals surface area contributed by atoms with Crippen molar-refractivity contribution in [1.29, 1.82) is 0 Å². The van der Waals surface area contributed by atoms with Crippen molar-refractivity contribution in [3.63, 3.8) is 0 Å². The van der Waals surface area contributed by atoms with Gasteiger partial charge in [0.25, 0.3) is 0 Å². The Morgan fingerprint density at radius 3 is 2.62 bits per heavy atom. The Morgan fingerprint density at radius 2 is 2.06 bits per heavy atom. The van der Waals surface area contributed by atoms with Gasteiger partial charge in [0.2, 0.25) is 5.91 Å². The van der Waals surface area contributed by atoms with Gasteiger partial charge in [0.1, 0.15) is 0 Å². The molecule has 3 heteroatoms. The van der Waals surface area contributed by atoms with E-state index in [4.69, 9.17) is 0 Å². The third-order valence-corrected chi connectivity index (χ3v) is 2.99. The second-order valence-electron chi connectivity index (χ2n) is 4.38. The van der Waals surface area contributed by atoms with E-state index in [-0.39, 0.29) is 11.8 Å². The molecule has 0 atom stereocenters. The van der Waals surface area contributed by atoms with Crippen LogP contribution < -0.4 is 10.6 Å². The minimum atomic E-state index is 0.186. The summed E-state index contributed by atoms with van der Waals surface area (Å²) >= 11 is 0. The Labute approximate surface area is 96.2 Å². The van der Waals surface area contributed by atoms with Gasteiger partial charge >= 0.3 is 0 Å². The smallest absolute Gasteiger partial charge is 0.225 e. The number of hydrogen-bond acceptors (Lipinski definition) is 2. The first kappa shape index (κ1) is 11.1. The first-order valence-corrected chi connectivity index (χ1v) is 5.79. The predicted octanol–water partition coefficient (Wildman–Crippen LogP) is 0.873. The number of carbonyl (C=O) groups excluding carboxylic acids is 1. The van der Waals surface area contributed by atoms with E-state index in [9.17, 15) is 4.79 Å². The lowest BCUT2D eigenvalue weighted by Crippen LogP contribution is -2.51. The molecular weight excluding hydrogens is 200 g/mol. The zero-order chi connectivity index (χ0) is 11.4. The molecule has 0 aliphatic carbocycles. The van der Waals surface area contributed by atoms with Crippen molar-refractivity contribution in [2.24, 2.45) is 5.92 Å². The standard InChI is InChI=1S/C13H18N2O/c1-10-2-4-11(5-3-10)6-7-15-13(16)12-8-14-9-12/h2-5,12,14H,6-9H2,1H3,(H,15,16). The Hall–Kier alpha value is -1.35. The van der Waals surface area contributed by atoms with Gasteiger partial charge in [-0.25, -0.2) is 0 Å². The first-order valence-electron chi connectivity index (χ1n) is 5.79. The van der Waals surface area contributed by atoms with Gasteiger partial charge in [-0.3, -0.25) is 4.79 Å². The molecule has 2 rings (SSSR count). The van der Waals surface area contributed by atoms with Crippen LogP contribution in [0.4, 0.5) is 0 Å². The van der Waals surface area contributed by atoms with Crippen LogP contribution in [0.2, 0.25) is 0 Å². The highest BCUT2D eigenvalue weighted by Gasteiger charge is 2.23. The van der Waals surface area contributed by atoms with Crippen molar-refractivity contribution in [2.45, 2.75) is 13.3 Å². The molecule has 0 spiro atoms. The van der Waals surface area contributed by atoms with Crippen LogP contribution in [0, 0.1) is 12.8 Å². The molecule has 0 radical (unpaired) electrons. The number of rotatable bonds is 4. The van der Waals surface area contributed by atoms with Crippen molar-refractivity contribution >= 4 is 5.91 Å². The summed E-state index contributed by atoms with van der Waals surface area (Å²) in [6.45, 7) is 4.47. The van der Waals surface area contributed by atoms with Gasteiger partial charge in [0, 0.05) is 19.6 Å². The number of aryl methyl sites for hydroxylation is 1. The molecule has 1 aliphatic rings. The quantitative estimate of drug-likeness (QED) is 0.787. The van der Waals surface area contributed by atoms with Crippen molar-refractivity contribution < 1.29 is 4.79 Å². The Morgan fingerprint density at radius 1 is 1.38 bits per heavy atom. The maximum atomic E-state index is 11.5. The summed E-state index contributed by atoms with van der Waals surface area (Å²) < 4.78 is 0. The summed E-state index contributed by atoms with van der Waals surface area (Å²) in [5.74, 6) is 0.379. The minimum absolute atomic E-state index is 0.186. The summed E-state index contributed by atoms with van der Waals surface area (Å²) in [5, 5.41) is 6.06. The van der Waals surface area contributed by atoms with E-state index in [0.29, 0.717) is 0 Å². The summed E-state index contributed by atoms with van der Waals surface area (Å²) in [5.41, 5.74) is 2.55. The third kappa shape index (κ3) is 2.83. The Kier molecular flexibility index (Phi) is 3.57. The maximum absolute atomic E-state index is 11.5. The highest BCUT2D eigenvalue weighted by Crippen LogP contribution is 2.04. The monoisotopic (exact) mass is 218 g/mol. The topological polar surface area (TPSA) is 41.1 Å². The van der Waals surface area contributed by atoms with E-state index >= 15 is 0 Å². The molecule has 0 unspecified atom stereocenters. The van der Waals surface area contributed by atoms with E-state index in [1.165, 1.54) is 11.1 Å². The fraction of sp³-hybridized carbons (Fsp3) is 0.462. The van der Waals surface area contributed by atoms with Crippen molar-refractivity contribution in [1.82, 2.24) is 10.6 Å². The van der Waals surface area contributed by atoms with Crippen molar-refractivity contribution in [3.8, 4) is 0 Å². The number of benzene rings is 1. The Bertz CT molecular complexity index is 355. The van der Waals surface area contributed by atoms with Crippen molar-refractivity contribution in [3.05, 3.63) is 35.4 Å². The second kappa shape index (κ2) is 5.12. The molecule has 0 saturated carbocycles. The van der Waals surface area contributed by atoms with Crippen LogP contribution in [0.3, 0.4) is 0 Å². The number of nitrogens with one attached hydrogen (secondary N) is 2. The highest BCUT2D eigenvalue weighted by atomic mass is 16.2. The van der Waals surface area contributed by atoms with Crippen molar-refractivity contribution in [2.75, 3.05) is 19.6 Å². The van der Waals surface area contributed by atoms with Gasteiger partial charge in [0.05, 0.1) is 5.92 Å². The van der Waals surface area contributed by atoms with E-state index in [0.717, 1.165) is 26.1 Å². The molecule has 3 nitrogen and oxygen atoms in total. The molecule has 0 aromatic heterocycles. The zero-order valence-electron chi connectivity index (χ0n) is 9.62. The average Bonchev–Trinajstić information content (AvgIpc) is 2.18. The van der Waals surface area contributed by atoms with E-state index < -0.39 is 0 Å². The molecule has 0 bridgehead atoms. The fourth-order valence-corrected chi connectivity index (χ4v) is 1.70. The summed E-state index contributed by atoms with van der Waals surface area (Å²) in [4.78, 5) is 11.5. The van der Waals surface area contributed by atoms with Crippen LogP contribution in [0.25, 0.3) is 0 Å². The fourth-order valence-electron chi connectivity index (χ4n) is 1.70. The highest BCUT2D eigenvalue weighted by molar-refractivity contribution is 5.79. The largest absolute Gasteiger partial charge is 0.355 e. The van der Waals surface area contributed by atoms with Gasteiger partial charge in [0.15, 0.2) is 0 Å². The first-order chi connectivity index (χ1) is 7.75. The van der Waals surface area contributed by atoms with E-state index in [2.05, 4.69) is 41.8 Å². The van der Waals surface area contributed by atoms with Gasteiger partial charge < -0.3 is 10.6 Å². The van der Waals surface area contributed by atoms with Gasteiger partial charge in [-0.05, 0) is 18.9 Å². The van der Waals surface area contributed by atoms with Crippen LogP contribution in [-0.2, 0) is 11.2 Å². The average molecular weight is 218 g/mol. The molecule has 1 heterocycles. The maximum Gasteiger partial charge on any atom is 0.225 e. The van der Waals surface area contributed by atoms with Gasteiger partial charge in [-0.15, -0.1) is 0 Å². The molecule has 1 aliphatic heterocycles. The Balaban J connectivity index is 1.71. The van der Waals surface area contributed by atoms with Crippen LogP contribution in [0.1, 0.15) is 11.1 Å². The minimum Gasteiger partial charge on any atom is -0.355 e. The molecular formula is C13H18N2O. The molecule has 1 fully saturated rings. The molecule has 2 N–H and O–H groups in total. The molecule has 1 saturated heterocycles. The van der Waals surface area contributed by atoms with Gasteiger partial charge in [-0.2, -0.15) is 0 Å². The SMILES string of the molecule is Cc1ccc(CCNC(=O)C2CNC2)cc1. The normalized spacial score (nSPS) is 15.6. The molecule has 16 heavy (non-hydrogen) atoms. The summed E-state index contributed by atoms with van der Waals surface area (Å²) in [6.07, 6.45) is 0.909. The van der Waals surface area contributed by atoms with E-state index in [1.54, 1.807) is 0 Å². The van der Waals surface area contributed by atoms with Crippen LogP contribution in [0.15, 0.2) is 24.3 Å². The summed E-state index contributed by atoms with van der Waals surface area (Å²) in [7, 11) is 0. The lowest BCUT2D eigenvalue weighted by Gasteiger charge is -2.25. The van der Waals surface area contributed by atoms with E-state index in [1.807, 2.05) is 0 Å². The van der Waals surface area contributed by atoms with Crippen LogP contribution >= 0.6 is 0 Å². The lowest BCUT2D eigenvalue weighted by molar-refractivity contribution is -0.126. The summed E-state index contributed by atoms with van der Waals surface area (Å²) in [6, 6.07) is 8.44. The van der Waals surface area contributed by atoms with Gasteiger partial charge in [-0.1, -0.05) is 29.8 Å². The molecule has 1 aromatic rings. The number of carbonyl (C=O) groups is 1.